The molecule has 2 N–H and O–H groups in total. The largest absolute Gasteiger partial charge is 0.457 e. The van der Waals surface area contributed by atoms with Gasteiger partial charge in [-0.25, -0.2) is 4.79 Å². The summed E-state index contributed by atoms with van der Waals surface area (Å²) >= 11 is 15.2. The fourth-order valence-corrected chi connectivity index (χ4v) is 2.38. The monoisotopic (exact) mass is 373 g/mol. The molecule has 0 spiro atoms. The molecule has 6 heteroatoms. The van der Waals surface area contributed by atoms with Crippen molar-refractivity contribution in [2.24, 2.45) is 0 Å². The predicted molar refractivity (Wildman–Crippen MR) is 84.1 cm³/mol. The van der Waals surface area contributed by atoms with Gasteiger partial charge in [0.2, 0.25) is 0 Å². The van der Waals surface area contributed by atoms with Gasteiger partial charge in [0.25, 0.3) is 0 Å². The van der Waals surface area contributed by atoms with Gasteiger partial charge < -0.3 is 10.5 Å². The third-order valence-electron chi connectivity index (χ3n) is 2.61. The van der Waals surface area contributed by atoms with Gasteiger partial charge in [-0.15, -0.1) is 0 Å². The van der Waals surface area contributed by atoms with Crippen molar-refractivity contribution in [1.29, 1.82) is 0 Å². The summed E-state index contributed by atoms with van der Waals surface area (Å²) in [4.78, 5) is 11.9. The zero-order valence-corrected chi connectivity index (χ0v) is 13.3. The van der Waals surface area contributed by atoms with E-state index in [1.54, 1.807) is 24.3 Å². The molecule has 0 bridgehead atoms. The Balaban J connectivity index is 2.06. The highest BCUT2D eigenvalue weighted by atomic mass is 79.9. The topological polar surface area (TPSA) is 52.3 Å². The molecule has 0 heterocycles. The van der Waals surface area contributed by atoms with Crippen LogP contribution in [0.1, 0.15) is 15.9 Å². The quantitative estimate of drug-likeness (QED) is 0.626. The minimum atomic E-state index is -0.479. The number of anilines is 1. The van der Waals surface area contributed by atoms with Crippen LogP contribution in [-0.2, 0) is 11.3 Å². The SMILES string of the molecule is Nc1cc(C(=O)OCc2ccc(Br)cc2Cl)ccc1Cl. The molecule has 0 saturated carbocycles. The van der Waals surface area contributed by atoms with Crippen LogP contribution in [-0.4, -0.2) is 5.97 Å². The first-order chi connectivity index (χ1) is 9.47. The van der Waals surface area contributed by atoms with E-state index >= 15 is 0 Å². The molecule has 0 radical (unpaired) electrons. The van der Waals surface area contributed by atoms with Crippen molar-refractivity contribution in [3.8, 4) is 0 Å². The van der Waals surface area contributed by atoms with Crippen LogP contribution in [0.3, 0.4) is 0 Å². The number of benzene rings is 2. The molecule has 0 aliphatic carbocycles. The lowest BCUT2D eigenvalue weighted by molar-refractivity contribution is 0.0473. The number of hydrogen-bond acceptors (Lipinski definition) is 3. The summed E-state index contributed by atoms with van der Waals surface area (Å²) in [6, 6.07) is 9.95. The van der Waals surface area contributed by atoms with Gasteiger partial charge >= 0.3 is 5.97 Å². The van der Waals surface area contributed by atoms with Gasteiger partial charge in [-0.3, -0.25) is 0 Å². The van der Waals surface area contributed by atoms with E-state index in [9.17, 15) is 4.79 Å². The van der Waals surface area contributed by atoms with Crippen LogP contribution in [0, 0.1) is 0 Å². The summed E-state index contributed by atoms with van der Waals surface area (Å²) in [5, 5.41) is 0.931. The first kappa shape index (κ1) is 15.2. The van der Waals surface area contributed by atoms with Gasteiger partial charge in [0.15, 0.2) is 0 Å². The summed E-state index contributed by atoms with van der Waals surface area (Å²) in [5.74, 6) is -0.479. The van der Waals surface area contributed by atoms with E-state index in [1.807, 2.05) is 6.07 Å². The van der Waals surface area contributed by atoms with Crippen molar-refractivity contribution in [3.63, 3.8) is 0 Å². The van der Waals surface area contributed by atoms with Crippen LogP contribution >= 0.6 is 39.1 Å². The van der Waals surface area contributed by atoms with Gasteiger partial charge in [-0.05, 0) is 30.3 Å². The van der Waals surface area contributed by atoms with Crippen LogP contribution < -0.4 is 5.73 Å². The van der Waals surface area contributed by atoms with Gasteiger partial charge in [-0.2, -0.15) is 0 Å². The molecule has 0 aromatic heterocycles. The zero-order valence-electron chi connectivity index (χ0n) is 10.2. The second kappa shape index (κ2) is 6.48. The molecular weight excluding hydrogens is 365 g/mol. The molecule has 0 saturated heterocycles. The minimum absolute atomic E-state index is 0.0908. The van der Waals surface area contributed by atoms with E-state index in [1.165, 1.54) is 6.07 Å². The van der Waals surface area contributed by atoms with E-state index in [4.69, 9.17) is 33.7 Å². The highest BCUT2D eigenvalue weighted by Gasteiger charge is 2.10. The normalized spacial score (nSPS) is 10.3. The smallest absolute Gasteiger partial charge is 0.338 e. The first-order valence-corrected chi connectivity index (χ1v) is 7.18. The Labute approximate surface area is 134 Å². The van der Waals surface area contributed by atoms with Crippen molar-refractivity contribution in [1.82, 2.24) is 0 Å². The Bertz CT molecular complexity index is 662. The van der Waals surface area contributed by atoms with Crippen molar-refractivity contribution in [2.75, 3.05) is 5.73 Å². The molecule has 0 unspecified atom stereocenters. The van der Waals surface area contributed by atoms with Crippen LogP contribution in [0.5, 0.6) is 0 Å². The number of hydrogen-bond donors (Lipinski definition) is 1. The number of ether oxygens (including phenoxy) is 1. The number of halogens is 3. The molecule has 2 rings (SSSR count). The van der Waals surface area contributed by atoms with Crippen LogP contribution in [0.2, 0.25) is 10.0 Å². The average Bonchev–Trinajstić information content (AvgIpc) is 2.40. The Morgan fingerprint density at radius 1 is 1.15 bits per heavy atom. The van der Waals surface area contributed by atoms with Crippen molar-refractivity contribution < 1.29 is 9.53 Å². The summed E-state index contributed by atoms with van der Waals surface area (Å²) in [6.45, 7) is 0.0908. The van der Waals surface area contributed by atoms with Gasteiger partial charge in [-0.1, -0.05) is 45.2 Å². The Morgan fingerprint density at radius 2 is 1.90 bits per heavy atom. The Morgan fingerprint density at radius 3 is 2.55 bits per heavy atom. The highest BCUT2D eigenvalue weighted by molar-refractivity contribution is 9.10. The first-order valence-electron chi connectivity index (χ1n) is 5.63. The number of carbonyl (C=O) groups is 1. The maximum Gasteiger partial charge on any atom is 0.338 e. The number of rotatable bonds is 3. The number of carbonyl (C=O) groups excluding carboxylic acids is 1. The van der Waals surface area contributed by atoms with Crippen molar-refractivity contribution >= 4 is 50.8 Å². The van der Waals surface area contributed by atoms with E-state index in [0.717, 1.165) is 10.0 Å². The lowest BCUT2D eigenvalue weighted by Gasteiger charge is -2.08. The third kappa shape index (κ3) is 3.66. The van der Waals surface area contributed by atoms with E-state index in [-0.39, 0.29) is 6.61 Å². The molecular formula is C14H10BrCl2NO2. The average molecular weight is 375 g/mol. The zero-order chi connectivity index (χ0) is 14.7. The van der Waals surface area contributed by atoms with Crippen molar-refractivity contribution in [2.45, 2.75) is 6.61 Å². The molecule has 104 valence electrons. The van der Waals surface area contributed by atoms with Gasteiger partial charge in [0, 0.05) is 15.1 Å². The summed E-state index contributed by atoms with van der Waals surface area (Å²) in [5.41, 5.74) is 7.05. The van der Waals surface area contributed by atoms with Crippen molar-refractivity contribution in [3.05, 3.63) is 62.0 Å². The van der Waals surface area contributed by atoms with Crippen LogP contribution in [0.25, 0.3) is 0 Å². The lowest BCUT2D eigenvalue weighted by atomic mass is 10.2. The number of nitrogen functional groups attached to an aromatic ring is 1. The van der Waals surface area contributed by atoms with E-state index in [0.29, 0.717) is 21.3 Å². The minimum Gasteiger partial charge on any atom is -0.457 e. The van der Waals surface area contributed by atoms with Gasteiger partial charge in [0.05, 0.1) is 16.3 Å². The second-order valence-electron chi connectivity index (χ2n) is 4.05. The molecule has 0 amide bonds. The molecule has 0 atom stereocenters. The number of esters is 1. The highest BCUT2D eigenvalue weighted by Crippen LogP contribution is 2.23. The fraction of sp³-hybridized carbons (Fsp3) is 0.0714. The standard InChI is InChI=1S/C14H10BrCl2NO2/c15-10-3-1-9(12(17)6-10)7-20-14(19)8-2-4-11(16)13(18)5-8/h1-6H,7,18H2. The molecule has 0 aliphatic heterocycles. The Hall–Kier alpha value is -1.23. The summed E-state index contributed by atoms with van der Waals surface area (Å²) in [7, 11) is 0. The third-order valence-corrected chi connectivity index (χ3v) is 3.79. The summed E-state index contributed by atoms with van der Waals surface area (Å²) in [6.07, 6.45) is 0. The van der Waals surface area contributed by atoms with Crippen LogP contribution in [0.15, 0.2) is 40.9 Å². The van der Waals surface area contributed by atoms with Gasteiger partial charge in [0.1, 0.15) is 6.61 Å². The summed E-state index contributed by atoms with van der Waals surface area (Å²) < 4.78 is 6.06. The molecule has 2 aromatic rings. The Kier molecular flexibility index (Phi) is 4.91. The van der Waals surface area contributed by atoms with E-state index < -0.39 is 5.97 Å². The maximum absolute atomic E-state index is 11.9. The molecule has 2 aromatic carbocycles. The molecule has 3 nitrogen and oxygen atoms in total. The molecule has 0 aliphatic rings. The number of nitrogens with two attached hydrogens (primary N) is 1. The maximum atomic E-state index is 11.9. The molecule has 0 fully saturated rings. The molecule has 20 heavy (non-hydrogen) atoms. The fourth-order valence-electron chi connectivity index (χ4n) is 1.54. The second-order valence-corrected chi connectivity index (χ2v) is 5.78. The van der Waals surface area contributed by atoms with Crippen LogP contribution in [0.4, 0.5) is 5.69 Å². The van der Waals surface area contributed by atoms with E-state index in [2.05, 4.69) is 15.9 Å². The lowest BCUT2D eigenvalue weighted by Crippen LogP contribution is -2.06. The predicted octanol–water partition coefficient (Wildman–Crippen LogP) is 4.70.